The van der Waals surface area contributed by atoms with Gasteiger partial charge in [0.2, 0.25) is 11.7 Å². The molecule has 26 heavy (non-hydrogen) atoms. The number of likely N-dealkylation sites (N-methyl/N-ethyl adjacent to an activating group) is 1. The van der Waals surface area contributed by atoms with Crippen molar-refractivity contribution in [1.29, 1.82) is 0 Å². The van der Waals surface area contributed by atoms with Crippen LogP contribution in [0.2, 0.25) is 0 Å². The van der Waals surface area contributed by atoms with Crippen molar-refractivity contribution in [3.05, 3.63) is 36.0 Å². The topological polar surface area (TPSA) is 95.6 Å². The van der Waals surface area contributed by atoms with E-state index in [1.165, 1.54) is 4.90 Å². The molecule has 0 radical (unpaired) electrons. The zero-order valence-corrected chi connectivity index (χ0v) is 15.4. The lowest BCUT2D eigenvalue weighted by molar-refractivity contribution is 0.0247. The van der Waals surface area contributed by atoms with Gasteiger partial charge in [-0.25, -0.2) is 9.97 Å². The Morgan fingerprint density at radius 2 is 2.15 bits per heavy atom. The molecule has 0 bridgehead atoms. The van der Waals surface area contributed by atoms with Gasteiger partial charge >= 0.3 is 0 Å². The average molecular weight is 359 g/mol. The van der Waals surface area contributed by atoms with Crippen molar-refractivity contribution in [3.63, 3.8) is 0 Å². The summed E-state index contributed by atoms with van der Waals surface area (Å²) in [5, 5.41) is 14.8. The molecule has 0 aromatic carbocycles. The fourth-order valence-electron chi connectivity index (χ4n) is 3.24. The zero-order valence-electron chi connectivity index (χ0n) is 15.4. The number of aliphatic hydroxyl groups is 1. The molecule has 1 fully saturated rings. The standard InChI is InChI=1S/C18H25N5O3/c1-13(2)9-14-10-15(26-21-14)16(24)22(3)11-18(25)5-8-23(12-18)17-19-6-4-7-20-17/h4,6-7,10,13,25H,5,8-9,11-12H2,1-3H3/t18-/m0/s1. The molecule has 1 saturated heterocycles. The van der Waals surface area contributed by atoms with Crippen molar-refractivity contribution < 1.29 is 14.4 Å². The third kappa shape index (κ3) is 4.19. The summed E-state index contributed by atoms with van der Waals surface area (Å²) in [6.07, 6.45) is 4.65. The predicted molar refractivity (Wildman–Crippen MR) is 95.8 cm³/mol. The molecule has 1 aliphatic heterocycles. The lowest BCUT2D eigenvalue weighted by atomic mass is 10.0. The van der Waals surface area contributed by atoms with E-state index in [-0.39, 0.29) is 18.2 Å². The van der Waals surface area contributed by atoms with E-state index in [0.29, 0.717) is 31.4 Å². The lowest BCUT2D eigenvalue weighted by Crippen LogP contribution is -2.46. The second kappa shape index (κ2) is 7.41. The van der Waals surface area contributed by atoms with Crippen molar-refractivity contribution in [2.75, 3.05) is 31.6 Å². The normalized spacial score (nSPS) is 20.0. The summed E-state index contributed by atoms with van der Waals surface area (Å²) in [5.74, 6) is 0.945. The van der Waals surface area contributed by atoms with Gasteiger partial charge in [-0.2, -0.15) is 0 Å². The molecule has 8 heteroatoms. The number of carbonyl (C=O) groups excluding carboxylic acids is 1. The second-order valence-corrected chi connectivity index (χ2v) is 7.39. The first kappa shape index (κ1) is 18.3. The summed E-state index contributed by atoms with van der Waals surface area (Å²) in [5.41, 5.74) is -0.242. The van der Waals surface area contributed by atoms with Gasteiger partial charge in [-0.3, -0.25) is 4.79 Å². The van der Waals surface area contributed by atoms with E-state index < -0.39 is 5.60 Å². The monoisotopic (exact) mass is 359 g/mol. The number of rotatable bonds is 6. The molecule has 0 spiro atoms. The molecule has 2 aromatic heterocycles. The van der Waals surface area contributed by atoms with E-state index >= 15 is 0 Å². The van der Waals surface area contributed by atoms with Crippen LogP contribution in [0.3, 0.4) is 0 Å². The molecule has 0 aliphatic carbocycles. The van der Waals surface area contributed by atoms with E-state index in [1.54, 1.807) is 31.6 Å². The van der Waals surface area contributed by atoms with Crippen molar-refractivity contribution in [1.82, 2.24) is 20.0 Å². The summed E-state index contributed by atoms with van der Waals surface area (Å²) in [4.78, 5) is 24.4. The first-order valence-electron chi connectivity index (χ1n) is 8.82. The van der Waals surface area contributed by atoms with E-state index in [2.05, 4.69) is 29.0 Å². The number of nitrogens with zero attached hydrogens (tertiary/aromatic N) is 5. The Balaban J connectivity index is 1.61. The molecule has 140 valence electrons. The molecule has 1 amide bonds. The summed E-state index contributed by atoms with van der Waals surface area (Å²) < 4.78 is 5.18. The molecule has 1 aliphatic rings. The Morgan fingerprint density at radius 1 is 1.42 bits per heavy atom. The van der Waals surface area contributed by atoms with Crippen molar-refractivity contribution in [2.24, 2.45) is 5.92 Å². The maximum atomic E-state index is 12.6. The van der Waals surface area contributed by atoms with Gasteiger partial charge in [0.25, 0.3) is 5.91 Å². The van der Waals surface area contributed by atoms with Crippen LogP contribution in [0.15, 0.2) is 29.0 Å². The molecular weight excluding hydrogens is 334 g/mol. The van der Waals surface area contributed by atoms with Gasteiger partial charge in [0.05, 0.1) is 18.8 Å². The van der Waals surface area contributed by atoms with E-state index in [4.69, 9.17) is 4.52 Å². The van der Waals surface area contributed by atoms with Crippen LogP contribution in [-0.2, 0) is 6.42 Å². The Bertz CT molecular complexity index is 748. The number of β-amino-alcohol motifs (C(OH)–C–C–N with tert-alkyl or cyclic N) is 1. The smallest absolute Gasteiger partial charge is 0.292 e. The van der Waals surface area contributed by atoms with Gasteiger partial charge in [-0.05, 0) is 24.8 Å². The molecule has 3 heterocycles. The Kier molecular flexibility index (Phi) is 5.22. The highest BCUT2D eigenvalue weighted by Crippen LogP contribution is 2.25. The van der Waals surface area contributed by atoms with Crippen molar-refractivity contribution in [2.45, 2.75) is 32.3 Å². The van der Waals surface area contributed by atoms with Crippen molar-refractivity contribution >= 4 is 11.9 Å². The summed E-state index contributed by atoms with van der Waals surface area (Å²) >= 11 is 0. The third-order valence-corrected chi connectivity index (χ3v) is 4.43. The molecule has 0 saturated carbocycles. The first-order valence-corrected chi connectivity index (χ1v) is 8.82. The van der Waals surface area contributed by atoms with Crippen LogP contribution in [-0.4, -0.2) is 63.3 Å². The van der Waals surface area contributed by atoms with Gasteiger partial charge in [-0.15, -0.1) is 0 Å². The van der Waals surface area contributed by atoms with E-state index in [9.17, 15) is 9.90 Å². The number of aromatic nitrogens is 3. The minimum absolute atomic E-state index is 0.202. The van der Waals surface area contributed by atoms with E-state index in [0.717, 1.165) is 12.1 Å². The molecule has 0 unspecified atom stereocenters. The summed E-state index contributed by atoms with van der Waals surface area (Å²) in [7, 11) is 1.66. The predicted octanol–water partition coefficient (Wildman–Crippen LogP) is 1.38. The number of hydrogen-bond acceptors (Lipinski definition) is 7. The number of hydrogen-bond donors (Lipinski definition) is 1. The highest BCUT2D eigenvalue weighted by atomic mass is 16.5. The Morgan fingerprint density at radius 3 is 2.85 bits per heavy atom. The minimum Gasteiger partial charge on any atom is -0.386 e. The quantitative estimate of drug-likeness (QED) is 0.832. The highest BCUT2D eigenvalue weighted by Gasteiger charge is 2.39. The van der Waals surface area contributed by atoms with Crippen LogP contribution in [0.1, 0.15) is 36.5 Å². The van der Waals surface area contributed by atoms with E-state index in [1.807, 2.05) is 4.90 Å². The third-order valence-electron chi connectivity index (χ3n) is 4.43. The molecular formula is C18H25N5O3. The van der Waals surface area contributed by atoms with Gasteiger partial charge in [-0.1, -0.05) is 19.0 Å². The minimum atomic E-state index is -1.01. The van der Waals surface area contributed by atoms with Gasteiger partial charge in [0.1, 0.15) is 5.60 Å². The lowest BCUT2D eigenvalue weighted by Gasteiger charge is -2.28. The molecule has 8 nitrogen and oxygen atoms in total. The fraction of sp³-hybridized carbons (Fsp3) is 0.556. The number of amides is 1. The average Bonchev–Trinajstić information content (AvgIpc) is 3.21. The largest absolute Gasteiger partial charge is 0.386 e. The fourth-order valence-corrected chi connectivity index (χ4v) is 3.24. The molecule has 2 aromatic rings. The van der Waals surface area contributed by atoms with Crippen LogP contribution >= 0.6 is 0 Å². The number of carbonyl (C=O) groups is 1. The van der Waals surface area contributed by atoms with Crippen LogP contribution in [0.4, 0.5) is 5.95 Å². The van der Waals surface area contributed by atoms with Crippen LogP contribution in [0.25, 0.3) is 0 Å². The zero-order chi connectivity index (χ0) is 18.7. The van der Waals surface area contributed by atoms with Gasteiger partial charge < -0.3 is 19.4 Å². The van der Waals surface area contributed by atoms with Crippen LogP contribution in [0, 0.1) is 5.92 Å². The number of anilines is 1. The molecule has 3 rings (SSSR count). The summed E-state index contributed by atoms with van der Waals surface area (Å²) in [6, 6.07) is 3.44. The molecule has 1 N–H and O–H groups in total. The highest BCUT2D eigenvalue weighted by molar-refractivity contribution is 5.91. The van der Waals surface area contributed by atoms with Crippen LogP contribution < -0.4 is 4.90 Å². The van der Waals surface area contributed by atoms with Gasteiger partial charge in [0, 0.05) is 32.1 Å². The maximum Gasteiger partial charge on any atom is 0.292 e. The van der Waals surface area contributed by atoms with Crippen molar-refractivity contribution in [3.8, 4) is 0 Å². The SMILES string of the molecule is CC(C)Cc1cc(C(=O)N(C)C[C@@]2(O)CCN(c3ncccn3)C2)on1. The maximum absolute atomic E-state index is 12.6. The van der Waals surface area contributed by atoms with Gasteiger partial charge in [0.15, 0.2) is 0 Å². The summed E-state index contributed by atoms with van der Waals surface area (Å²) in [6.45, 7) is 5.39. The molecule has 1 atom stereocenters. The Labute approximate surface area is 152 Å². The van der Waals surface area contributed by atoms with Crippen LogP contribution in [0.5, 0.6) is 0 Å². The second-order valence-electron chi connectivity index (χ2n) is 7.39. The first-order chi connectivity index (χ1) is 12.4. The Hall–Kier alpha value is -2.48.